The van der Waals surface area contributed by atoms with E-state index in [-0.39, 0.29) is 0 Å². The Morgan fingerprint density at radius 3 is 2.28 bits per heavy atom. The van der Waals surface area contributed by atoms with Crippen LogP contribution in [0.5, 0.6) is 11.5 Å². The smallest absolute Gasteiger partial charge is 0.315 e. The van der Waals surface area contributed by atoms with Crippen molar-refractivity contribution in [2.45, 2.75) is 6.92 Å². The van der Waals surface area contributed by atoms with Gasteiger partial charge in [0.05, 0.1) is 19.9 Å². The van der Waals surface area contributed by atoms with Gasteiger partial charge < -0.3 is 20.1 Å². The number of benzene rings is 1. The van der Waals surface area contributed by atoms with Crippen LogP contribution in [0.2, 0.25) is 0 Å². The van der Waals surface area contributed by atoms with Gasteiger partial charge in [-0.1, -0.05) is 0 Å². The van der Waals surface area contributed by atoms with E-state index in [2.05, 4.69) is 0 Å². The van der Waals surface area contributed by atoms with E-state index in [1.165, 1.54) is 21.3 Å². The van der Waals surface area contributed by atoms with Crippen LogP contribution in [0, 0.1) is 6.92 Å². The summed E-state index contributed by atoms with van der Waals surface area (Å²) in [4.78, 5) is 23.7. The minimum Gasteiger partial charge on any atom is -0.497 e. The van der Waals surface area contributed by atoms with Gasteiger partial charge in [-0.05, 0) is 18.6 Å². The first-order valence-electron chi connectivity index (χ1n) is 5.22. The molecule has 18 heavy (non-hydrogen) atoms. The molecule has 1 aromatic rings. The summed E-state index contributed by atoms with van der Waals surface area (Å²) in [5, 5.41) is 0. The van der Waals surface area contributed by atoms with Crippen molar-refractivity contribution in [2.24, 2.45) is 5.73 Å². The lowest BCUT2D eigenvalue weighted by Gasteiger charge is -2.21. The number of rotatable bonds is 3. The summed E-state index contributed by atoms with van der Waals surface area (Å²) in [5.74, 6) is -0.784. The fourth-order valence-electron chi connectivity index (χ4n) is 1.69. The molecule has 0 unspecified atom stereocenters. The van der Waals surface area contributed by atoms with Crippen LogP contribution >= 0.6 is 0 Å². The Morgan fingerprint density at radius 1 is 1.22 bits per heavy atom. The zero-order valence-electron chi connectivity index (χ0n) is 10.8. The maximum absolute atomic E-state index is 11.6. The average Bonchev–Trinajstić information content (AvgIpc) is 2.35. The highest BCUT2D eigenvalue weighted by Crippen LogP contribution is 2.35. The van der Waals surface area contributed by atoms with E-state index in [1.807, 2.05) is 0 Å². The zero-order chi connectivity index (χ0) is 13.9. The third kappa shape index (κ3) is 2.53. The summed E-state index contributed by atoms with van der Waals surface area (Å²) in [6.45, 7) is 1.78. The van der Waals surface area contributed by atoms with Crippen molar-refractivity contribution >= 4 is 17.5 Å². The highest BCUT2D eigenvalue weighted by Gasteiger charge is 2.22. The maximum atomic E-state index is 11.6. The van der Waals surface area contributed by atoms with Crippen molar-refractivity contribution in [3.63, 3.8) is 0 Å². The van der Waals surface area contributed by atoms with E-state index in [9.17, 15) is 9.59 Å². The van der Waals surface area contributed by atoms with Gasteiger partial charge in [0.2, 0.25) is 0 Å². The van der Waals surface area contributed by atoms with E-state index < -0.39 is 11.8 Å². The second kappa shape index (κ2) is 5.39. The molecular formula is C12H16N2O4. The summed E-state index contributed by atoms with van der Waals surface area (Å²) >= 11 is 0. The first-order chi connectivity index (χ1) is 8.42. The second-order valence-corrected chi connectivity index (χ2v) is 3.72. The molecule has 1 aromatic carbocycles. The fourth-order valence-corrected chi connectivity index (χ4v) is 1.69. The highest BCUT2D eigenvalue weighted by atomic mass is 16.5. The molecule has 0 aliphatic heterocycles. The van der Waals surface area contributed by atoms with Gasteiger partial charge in [-0.25, -0.2) is 0 Å². The Balaban J connectivity index is 3.31. The molecule has 0 bridgehead atoms. The molecule has 0 saturated carbocycles. The van der Waals surface area contributed by atoms with Gasteiger partial charge in [0.1, 0.15) is 11.5 Å². The van der Waals surface area contributed by atoms with Crippen molar-refractivity contribution in [3.05, 3.63) is 17.7 Å². The molecule has 0 aliphatic rings. The number of primary amides is 1. The normalized spacial score (nSPS) is 9.78. The van der Waals surface area contributed by atoms with Crippen molar-refractivity contribution in [3.8, 4) is 11.5 Å². The van der Waals surface area contributed by atoms with E-state index in [0.29, 0.717) is 17.2 Å². The molecule has 0 spiro atoms. The number of ether oxygens (including phenoxy) is 2. The molecule has 6 heteroatoms. The molecule has 0 aliphatic carbocycles. The maximum Gasteiger partial charge on any atom is 0.315 e. The van der Waals surface area contributed by atoms with Crippen LogP contribution in [0.15, 0.2) is 12.1 Å². The number of likely N-dealkylation sites (N-methyl/N-ethyl adjacent to an activating group) is 1. The Labute approximate surface area is 105 Å². The number of nitrogens with two attached hydrogens (primary N) is 1. The standard InChI is InChI=1S/C12H16N2O4/c1-7-5-8(17-3)6-9(18-4)10(7)14(2)12(16)11(13)15/h5-6H,1-4H3,(H2,13,15). The van der Waals surface area contributed by atoms with Crippen molar-refractivity contribution in [2.75, 3.05) is 26.2 Å². The van der Waals surface area contributed by atoms with Gasteiger partial charge in [0, 0.05) is 13.1 Å². The quantitative estimate of drug-likeness (QED) is 0.792. The highest BCUT2D eigenvalue weighted by molar-refractivity contribution is 6.39. The van der Waals surface area contributed by atoms with Gasteiger partial charge in [-0.2, -0.15) is 0 Å². The lowest BCUT2D eigenvalue weighted by Crippen LogP contribution is -2.38. The molecule has 0 atom stereocenters. The number of anilines is 1. The molecule has 0 aromatic heterocycles. The van der Waals surface area contributed by atoms with E-state index in [4.69, 9.17) is 15.2 Å². The number of aryl methyl sites for hydroxylation is 1. The number of amides is 2. The summed E-state index contributed by atoms with van der Waals surface area (Å²) in [5.41, 5.74) is 6.20. The number of carbonyl (C=O) groups excluding carboxylic acids is 2. The summed E-state index contributed by atoms with van der Waals surface area (Å²) in [6.07, 6.45) is 0. The van der Waals surface area contributed by atoms with Crippen LogP contribution in [-0.4, -0.2) is 33.1 Å². The van der Waals surface area contributed by atoms with Gasteiger partial charge in [-0.3, -0.25) is 9.59 Å². The van der Waals surface area contributed by atoms with E-state index >= 15 is 0 Å². The van der Waals surface area contributed by atoms with Crippen LogP contribution < -0.4 is 20.1 Å². The van der Waals surface area contributed by atoms with Gasteiger partial charge in [0.15, 0.2) is 0 Å². The summed E-state index contributed by atoms with van der Waals surface area (Å²) in [7, 11) is 4.47. The van der Waals surface area contributed by atoms with E-state index in [1.54, 1.807) is 19.1 Å². The second-order valence-electron chi connectivity index (χ2n) is 3.72. The zero-order valence-corrected chi connectivity index (χ0v) is 10.8. The van der Waals surface area contributed by atoms with Crippen molar-refractivity contribution in [1.29, 1.82) is 0 Å². The third-order valence-corrected chi connectivity index (χ3v) is 2.55. The van der Waals surface area contributed by atoms with Crippen LogP contribution in [0.1, 0.15) is 5.56 Å². The molecule has 2 N–H and O–H groups in total. The molecule has 98 valence electrons. The predicted molar refractivity (Wildman–Crippen MR) is 66.9 cm³/mol. The van der Waals surface area contributed by atoms with Gasteiger partial charge in [-0.15, -0.1) is 0 Å². The number of nitrogens with zero attached hydrogens (tertiary/aromatic N) is 1. The SMILES string of the molecule is COc1cc(C)c(N(C)C(=O)C(N)=O)c(OC)c1. The molecule has 0 heterocycles. The lowest BCUT2D eigenvalue weighted by molar-refractivity contribution is -0.135. The van der Waals surface area contributed by atoms with Gasteiger partial charge >= 0.3 is 11.8 Å². The van der Waals surface area contributed by atoms with Crippen LogP contribution in [0.3, 0.4) is 0 Å². The van der Waals surface area contributed by atoms with Crippen LogP contribution in [-0.2, 0) is 9.59 Å². The number of methoxy groups -OCH3 is 2. The van der Waals surface area contributed by atoms with Crippen molar-refractivity contribution < 1.29 is 19.1 Å². The Morgan fingerprint density at radius 2 is 1.83 bits per heavy atom. The van der Waals surface area contributed by atoms with Crippen LogP contribution in [0.25, 0.3) is 0 Å². The molecule has 2 amide bonds. The Bertz CT molecular complexity index is 485. The molecule has 0 fully saturated rings. The number of carbonyl (C=O) groups is 2. The minimum absolute atomic E-state index is 0.434. The number of hydrogen-bond donors (Lipinski definition) is 1. The predicted octanol–water partition coefficient (Wildman–Crippen LogP) is 0.460. The first-order valence-corrected chi connectivity index (χ1v) is 5.22. The molecular weight excluding hydrogens is 236 g/mol. The third-order valence-electron chi connectivity index (χ3n) is 2.55. The average molecular weight is 252 g/mol. The Kier molecular flexibility index (Phi) is 4.14. The summed E-state index contributed by atoms with van der Waals surface area (Å²) < 4.78 is 10.3. The van der Waals surface area contributed by atoms with Crippen molar-refractivity contribution in [1.82, 2.24) is 0 Å². The number of hydrogen-bond acceptors (Lipinski definition) is 4. The molecule has 1 rings (SSSR count). The Hall–Kier alpha value is -2.24. The largest absolute Gasteiger partial charge is 0.497 e. The molecule has 6 nitrogen and oxygen atoms in total. The molecule has 0 saturated heterocycles. The monoisotopic (exact) mass is 252 g/mol. The first kappa shape index (κ1) is 13.8. The summed E-state index contributed by atoms with van der Waals surface area (Å²) in [6, 6.07) is 3.37. The topological polar surface area (TPSA) is 81.9 Å². The van der Waals surface area contributed by atoms with Crippen LogP contribution in [0.4, 0.5) is 5.69 Å². The minimum atomic E-state index is -1.02. The fraction of sp³-hybridized carbons (Fsp3) is 0.333. The van der Waals surface area contributed by atoms with E-state index in [0.717, 1.165) is 10.5 Å². The lowest BCUT2D eigenvalue weighted by atomic mass is 10.1. The van der Waals surface area contributed by atoms with Gasteiger partial charge in [0.25, 0.3) is 0 Å². The molecule has 0 radical (unpaired) electrons.